The Morgan fingerprint density at radius 1 is 0.952 bits per heavy atom. The highest BCUT2D eigenvalue weighted by Gasteiger charge is 2.10. The zero-order valence-corrected chi connectivity index (χ0v) is 12.7. The van der Waals surface area contributed by atoms with Gasteiger partial charge in [0.15, 0.2) is 11.5 Å². The second kappa shape index (κ2) is 7.70. The van der Waals surface area contributed by atoms with Crippen LogP contribution in [0.3, 0.4) is 0 Å². The molecule has 2 rings (SSSR count). The molecule has 0 aliphatic carbocycles. The molecule has 0 saturated carbocycles. The van der Waals surface area contributed by atoms with Gasteiger partial charge in [0.25, 0.3) is 0 Å². The Balaban J connectivity index is 1.92. The second-order valence-electron chi connectivity index (χ2n) is 5.10. The maximum absolute atomic E-state index is 6.28. The Kier molecular flexibility index (Phi) is 5.64. The molecule has 2 N–H and O–H groups in total. The summed E-state index contributed by atoms with van der Waals surface area (Å²) in [5.74, 6) is 1.46. The van der Waals surface area contributed by atoms with Gasteiger partial charge in [0, 0.05) is 6.04 Å². The lowest BCUT2D eigenvalue weighted by molar-refractivity contribution is 0.354. The van der Waals surface area contributed by atoms with Crippen LogP contribution in [0.2, 0.25) is 0 Å². The molecule has 0 aliphatic heterocycles. The molecular weight excluding hydrogens is 262 g/mol. The third kappa shape index (κ3) is 4.23. The van der Waals surface area contributed by atoms with E-state index >= 15 is 0 Å². The average molecular weight is 285 g/mol. The summed E-state index contributed by atoms with van der Waals surface area (Å²) in [5, 5.41) is 0. The van der Waals surface area contributed by atoms with E-state index in [0.29, 0.717) is 0 Å². The number of nitrogens with two attached hydrogens (primary N) is 1. The summed E-state index contributed by atoms with van der Waals surface area (Å²) < 4.78 is 10.6. The van der Waals surface area contributed by atoms with Crippen LogP contribution in [0, 0.1) is 0 Å². The zero-order valence-electron chi connectivity index (χ0n) is 12.7. The number of ether oxygens (including phenoxy) is 2. The number of benzene rings is 2. The minimum atomic E-state index is 0.0218. The van der Waals surface area contributed by atoms with Gasteiger partial charge in [-0.2, -0.15) is 0 Å². The molecule has 2 aromatic carbocycles. The van der Waals surface area contributed by atoms with Crippen LogP contribution in [0.4, 0.5) is 0 Å². The van der Waals surface area contributed by atoms with Crippen LogP contribution in [0.25, 0.3) is 0 Å². The van der Waals surface area contributed by atoms with Crippen molar-refractivity contribution in [2.45, 2.75) is 25.3 Å². The van der Waals surface area contributed by atoms with E-state index in [0.717, 1.165) is 36.3 Å². The topological polar surface area (TPSA) is 44.5 Å². The highest BCUT2D eigenvalue weighted by molar-refractivity contribution is 5.43. The highest BCUT2D eigenvalue weighted by Crippen LogP contribution is 2.30. The lowest BCUT2D eigenvalue weighted by Crippen LogP contribution is -2.10. The summed E-state index contributed by atoms with van der Waals surface area (Å²) in [4.78, 5) is 0. The van der Waals surface area contributed by atoms with E-state index in [2.05, 4.69) is 24.3 Å². The van der Waals surface area contributed by atoms with Crippen molar-refractivity contribution in [2.75, 3.05) is 14.2 Å². The van der Waals surface area contributed by atoms with Crippen molar-refractivity contribution in [1.82, 2.24) is 0 Å². The molecule has 0 heterocycles. The minimum absolute atomic E-state index is 0.0218. The molecular formula is C18H23NO2. The van der Waals surface area contributed by atoms with Gasteiger partial charge in [-0.25, -0.2) is 0 Å². The maximum Gasteiger partial charge on any atom is 0.161 e. The first-order chi connectivity index (χ1) is 10.2. The zero-order chi connectivity index (χ0) is 15.1. The predicted molar refractivity (Wildman–Crippen MR) is 85.9 cm³/mol. The molecule has 0 spiro atoms. The Bertz CT molecular complexity index is 554. The molecule has 0 aliphatic rings. The van der Waals surface area contributed by atoms with E-state index < -0.39 is 0 Å². The molecule has 1 unspecified atom stereocenters. The van der Waals surface area contributed by atoms with Gasteiger partial charge in [0.05, 0.1) is 14.2 Å². The normalized spacial score (nSPS) is 12.0. The van der Waals surface area contributed by atoms with Gasteiger partial charge < -0.3 is 15.2 Å². The summed E-state index contributed by atoms with van der Waals surface area (Å²) in [6.07, 6.45) is 3.08. The molecule has 0 amide bonds. The number of methoxy groups -OCH3 is 2. The minimum Gasteiger partial charge on any atom is -0.493 e. The van der Waals surface area contributed by atoms with Gasteiger partial charge in [0.2, 0.25) is 0 Å². The molecule has 0 aromatic heterocycles. The van der Waals surface area contributed by atoms with Gasteiger partial charge >= 0.3 is 0 Å². The van der Waals surface area contributed by atoms with E-state index in [1.165, 1.54) is 5.56 Å². The molecule has 21 heavy (non-hydrogen) atoms. The van der Waals surface area contributed by atoms with E-state index in [4.69, 9.17) is 15.2 Å². The summed E-state index contributed by atoms with van der Waals surface area (Å²) >= 11 is 0. The first-order valence-corrected chi connectivity index (χ1v) is 7.26. The van der Waals surface area contributed by atoms with Crippen LogP contribution < -0.4 is 15.2 Å². The molecule has 112 valence electrons. The van der Waals surface area contributed by atoms with Crippen molar-refractivity contribution in [3.05, 3.63) is 59.7 Å². The third-order valence-electron chi connectivity index (χ3n) is 3.66. The monoisotopic (exact) mass is 285 g/mol. The summed E-state index contributed by atoms with van der Waals surface area (Å²) in [5.41, 5.74) is 8.72. The highest BCUT2D eigenvalue weighted by atomic mass is 16.5. The van der Waals surface area contributed by atoms with Gasteiger partial charge in [-0.1, -0.05) is 36.4 Å². The maximum atomic E-state index is 6.28. The van der Waals surface area contributed by atoms with Gasteiger partial charge in [-0.05, 0) is 42.5 Å². The SMILES string of the molecule is COc1ccc(C(N)CCCc2ccccc2)cc1OC. The summed E-state index contributed by atoms with van der Waals surface area (Å²) in [7, 11) is 3.28. The largest absolute Gasteiger partial charge is 0.493 e. The van der Waals surface area contributed by atoms with Crippen molar-refractivity contribution in [3.63, 3.8) is 0 Å². The molecule has 2 aromatic rings. The Labute approximate surface area is 126 Å². The van der Waals surface area contributed by atoms with E-state index in [-0.39, 0.29) is 6.04 Å². The lowest BCUT2D eigenvalue weighted by atomic mass is 9.99. The van der Waals surface area contributed by atoms with Crippen LogP contribution in [-0.4, -0.2) is 14.2 Å². The van der Waals surface area contributed by atoms with Crippen molar-refractivity contribution in [2.24, 2.45) is 5.73 Å². The quantitative estimate of drug-likeness (QED) is 0.843. The van der Waals surface area contributed by atoms with Crippen LogP contribution >= 0.6 is 0 Å². The molecule has 0 saturated heterocycles. The van der Waals surface area contributed by atoms with Crippen LogP contribution in [0.1, 0.15) is 30.0 Å². The van der Waals surface area contributed by atoms with Gasteiger partial charge in [0.1, 0.15) is 0 Å². The fourth-order valence-electron chi connectivity index (χ4n) is 2.42. The third-order valence-corrected chi connectivity index (χ3v) is 3.66. The predicted octanol–water partition coefficient (Wildman–Crippen LogP) is 3.73. The molecule has 0 radical (unpaired) electrons. The van der Waals surface area contributed by atoms with Gasteiger partial charge in [-0.3, -0.25) is 0 Å². The van der Waals surface area contributed by atoms with Crippen molar-refractivity contribution in [3.8, 4) is 11.5 Å². The fraction of sp³-hybridized carbons (Fsp3) is 0.333. The van der Waals surface area contributed by atoms with Crippen LogP contribution in [0.5, 0.6) is 11.5 Å². The standard InChI is InChI=1S/C18H23NO2/c1-20-17-12-11-15(13-18(17)21-2)16(19)10-6-9-14-7-4-3-5-8-14/h3-5,7-8,11-13,16H,6,9-10,19H2,1-2H3. The second-order valence-corrected chi connectivity index (χ2v) is 5.10. The average Bonchev–Trinajstić information content (AvgIpc) is 2.55. The first-order valence-electron chi connectivity index (χ1n) is 7.26. The first kappa shape index (κ1) is 15.4. The fourth-order valence-corrected chi connectivity index (χ4v) is 2.42. The summed E-state index contributed by atoms with van der Waals surface area (Å²) in [6.45, 7) is 0. The number of hydrogen-bond acceptors (Lipinski definition) is 3. The molecule has 0 fully saturated rings. The Hall–Kier alpha value is -2.00. The van der Waals surface area contributed by atoms with Crippen molar-refractivity contribution < 1.29 is 9.47 Å². The van der Waals surface area contributed by atoms with Crippen molar-refractivity contribution >= 4 is 0 Å². The van der Waals surface area contributed by atoms with Crippen LogP contribution in [0.15, 0.2) is 48.5 Å². The lowest BCUT2D eigenvalue weighted by Gasteiger charge is -2.15. The molecule has 3 nitrogen and oxygen atoms in total. The van der Waals surface area contributed by atoms with E-state index in [1.54, 1.807) is 14.2 Å². The molecule has 3 heteroatoms. The van der Waals surface area contributed by atoms with Gasteiger partial charge in [-0.15, -0.1) is 0 Å². The van der Waals surface area contributed by atoms with Crippen molar-refractivity contribution in [1.29, 1.82) is 0 Å². The molecule has 0 bridgehead atoms. The smallest absolute Gasteiger partial charge is 0.161 e. The number of rotatable bonds is 7. The van der Waals surface area contributed by atoms with E-state index in [1.807, 2.05) is 24.3 Å². The Morgan fingerprint density at radius 2 is 1.67 bits per heavy atom. The number of hydrogen-bond donors (Lipinski definition) is 1. The summed E-state index contributed by atoms with van der Waals surface area (Å²) in [6, 6.07) is 16.4. The Morgan fingerprint density at radius 3 is 2.33 bits per heavy atom. The number of aryl methyl sites for hydroxylation is 1. The van der Waals surface area contributed by atoms with E-state index in [9.17, 15) is 0 Å². The molecule has 1 atom stereocenters. The van der Waals surface area contributed by atoms with Crippen LogP contribution in [-0.2, 0) is 6.42 Å².